The Kier molecular flexibility index (Phi) is 5.42. The third kappa shape index (κ3) is 4.21. The lowest BCUT2D eigenvalue weighted by molar-refractivity contribution is 0.222. The minimum Gasteiger partial charge on any atom is -0.345 e. The summed E-state index contributed by atoms with van der Waals surface area (Å²) < 4.78 is 0. The van der Waals surface area contributed by atoms with Crippen LogP contribution in [0.1, 0.15) is 26.7 Å². The molecular formula is C21H25BN6O. The molecule has 2 atom stereocenters. The molecule has 3 heterocycles. The second-order valence-corrected chi connectivity index (χ2v) is 7.58. The topological polar surface area (TPSA) is 73.4 Å². The molecule has 1 fully saturated rings. The molecule has 0 spiro atoms. The maximum Gasteiger partial charge on any atom is 0.321 e. The van der Waals surface area contributed by atoms with Crippen molar-refractivity contribution in [1.29, 1.82) is 0 Å². The second kappa shape index (κ2) is 8.15. The van der Waals surface area contributed by atoms with E-state index in [1.807, 2.05) is 29.2 Å². The van der Waals surface area contributed by atoms with E-state index in [0.29, 0.717) is 17.2 Å². The van der Waals surface area contributed by atoms with Gasteiger partial charge in [0.25, 0.3) is 0 Å². The molecule has 2 aliphatic rings. The van der Waals surface area contributed by atoms with Gasteiger partial charge < -0.3 is 20.4 Å². The van der Waals surface area contributed by atoms with Crippen molar-refractivity contribution in [3.05, 3.63) is 42.6 Å². The third-order valence-corrected chi connectivity index (χ3v) is 5.35. The summed E-state index contributed by atoms with van der Waals surface area (Å²) in [7, 11) is 6.15. The van der Waals surface area contributed by atoms with Crippen LogP contribution in [0.2, 0.25) is 0 Å². The zero-order valence-electron chi connectivity index (χ0n) is 16.8. The Hall–Kier alpha value is -3.03. The van der Waals surface area contributed by atoms with Crippen molar-refractivity contribution in [2.24, 2.45) is 0 Å². The van der Waals surface area contributed by atoms with Crippen LogP contribution in [0.5, 0.6) is 0 Å². The third-order valence-electron chi connectivity index (χ3n) is 5.35. The quantitative estimate of drug-likeness (QED) is 0.623. The van der Waals surface area contributed by atoms with Crippen LogP contribution in [0.4, 0.5) is 27.9 Å². The summed E-state index contributed by atoms with van der Waals surface area (Å²) in [6.45, 7) is 5.85. The second-order valence-electron chi connectivity index (χ2n) is 7.58. The average Bonchev–Trinajstić information content (AvgIpc) is 3.34. The van der Waals surface area contributed by atoms with Crippen LogP contribution in [0.25, 0.3) is 0 Å². The number of aromatic nitrogens is 2. The first-order chi connectivity index (χ1) is 14.0. The molecule has 0 bridgehead atoms. The zero-order valence-corrected chi connectivity index (χ0v) is 16.8. The SMILES string of the molecule is [B]c1cnc(Nc2cccc(NC(=O)N3CCCC3)c2)nc1N1C(C)C=CC1C. The minimum atomic E-state index is -0.0600. The molecule has 2 amide bonds. The first kappa shape index (κ1) is 19.3. The van der Waals surface area contributed by atoms with Gasteiger partial charge in [0.15, 0.2) is 0 Å². The normalized spacial score (nSPS) is 20.9. The van der Waals surface area contributed by atoms with Gasteiger partial charge >= 0.3 is 6.03 Å². The first-order valence-electron chi connectivity index (χ1n) is 10.0. The van der Waals surface area contributed by atoms with Crippen molar-refractivity contribution < 1.29 is 4.79 Å². The molecule has 2 N–H and O–H groups in total. The van der Waals surface area contributed by atoms with Crippen LogP contribution in [-0.4, -0.2) is 53.9 Å². The number of anilines is 4. The number of carbonyl (C=O) groups is 1. The summed E-state index contributed by atoms with van der Waals surface area (Å²) in [5.41, 5.74) is 2.07. The molecule has 0 aliphatic carbocycles. The Morgan fingerprint density at radius 1 is 1.14 bits per heavy atom. The predicted molar refractivity (Wildman–Crippen MR) is 118 cm³/mol. The summed E-state index contributed by atoms with van der Waals surface area (Å²) in [4.78, 5) is 25.3. The highest BCUT2D eigenvalue weighted by molar-refractivity contribution is 6.35. The number of nitrogens with one attached hydrogen (secondary N) is 2. The van der Waals surface area contributed by atoms with E-state index < -0.39 is 0 Å². The van der Waals surface area contributed by atoms with Gasteiger partial charge in [-0.25, -0.2) is 9.78 Å². The first-order valence-corrected chi connectivity index (χ1v) is 10.0. The number of carbonyl (C=O) groups excluding carboxylic acids is 1. The Bertz CT molecular complexity index is 915. The molecule has 2 radical (unpaired) electrons. The van der Waals surface area contributed by atoms with E-state index in [1.54, 1.807) is 6.20 Å². The summed E-state index contributed by atoms with van der Waals surface area (Å²) in [5, 5.41) is 6.17. The number of likely N-dealkylation sites (tertiary alicyclic amines) is 1. The Labute approximate surface area is 172 Å². The van der Waals surface area contributed by atoms with Crippen LogP contribution in [0.15, 0.2) is 42.6 Å². The molecule has 2 aromatic rings. The van der Waals surface area contributed by atoms with Crippen LogP contribution < -0.4 is 21.0 Å². The number of nitrogens with zero attached hydrogens (tertiary/aromatic N) is 4. The maximum atomic E-state index is 12.3. The van der Waals surface area contributed by atoms with Crippen molar-refractivity contribution in [2.75, 3.05) is 28.6 Å². The molecule has 0 saturated carbocycles. The van der Waals surface area contributed by atoms with Crippen molar-refractivity contribution in [2.45, 2.75) is 38.8 Å². The smallest absolute Gasteiger partial charge is 0.321 e. The fraction of sp³-hybridized carbons (Fsp3) is 0.381. The van der Waals surface area contributed by atoms with E-state index in [0.717, 1.165) is 37.3 Å². The lowest BCUT2D eigenvalue weighted by Crippen LogP contribution is -2.38. The fourth-order valence-corrected chi connectivity index (χ4v) is 3.84. The van der Waals surface area contributed by atoms with E-state index in [9.17, 15) is 4.79 Å². The molecule has 148 valence electrons. The number of hydrogen-bond donors (Lipinski definition) is 2. The monoisotopic (exact) mass is 388 g/mol. The van der Waals surface area contributed by atoms with E-state index >= 15 is 0 Å². The molecule has 7 nitrogen and oxygen atoms in total. The Balaban J connectivity index is 1.49. The van der Waals surface area contributed by atoms with E-state index in [-0.39, 0.29) is 18.1 Å². The van der Waals surface area contributed by atoms with Crippen LogP contribution in [-0.2, 0) is 0 Å². The van der Waals surface area contributed by atoms with Crippen molar-refractivity contribution in [1.82, 2.24) is 14.9 Å². The number of benzene rings is 1. The van der Waals surface area contributed by atoms with Gasteiger partial charge in [-0.2, -0.15) is 4.98 Å². The molecule has 8 heteroatoms. The fourth-order valence-electron chi connectivity index (χ4n) is 3.84. The van der Waals surface area contributed by atoms with Gasteiger partial charge in [-0.05, 0) is 50.4 Å². The summed E-state index contributed by atoms with van der Waals surface area (Å²) in [6.07, 6.45) is 8.05. The lowest BCUT2D eigenvalue weighted by atomic mass is 9.98. The average molecular weight is 388 g/mol. The van der Waals surface area contributed by atoms with E-state index in [1.165, 1.54) is 0 Å². The Morgan fingerprint density at radius 2 is 1.83 bits per heavy atom. The number of rotatable bonds is 4. The summed E-state index contributed by atoms with van der Waals surface area (Å²) in [6, 6.07) is 7.92. The summed E-state index contributed by atoms with van der Waals surface area (Å²) >= 11 is 0. The predicted octanol–water partition coefficient (Wildman–Crippen LogP) is 2.79. The largest absolute Gasteiger partial charge is 0.345 e. The standard InChI is InChI=1S/C21H25BN6O/c1-14-8-9-15(2)28(14)19-18(22)13-23-20(26-19)24-16-6-5-7-17(12-16)25-21(29)27-10-3-4-11-27/h5-9,12-15H,3-4,10-11H2,1-2H3,(H,25,29)(H,23,24,26). The number of urea groups is 1. The highest BCUT2D eigenvalue weighted by atomic mass is 16.2. The zero-order chi connectivity index (χ0) is 20.4. The van der Waals surface area contributed by atoms with Gasteiger partial charge in [0.05, 0.1) is 0 Å². The van der Waals surface area contributed by atoms with Gasteiger partial charge in [-0.15, -0.1) is 0 Å². The lowest BCUT2D eigenvalue weighted by Gasteiger charge is -2.29. The molecule has 2 aliphatic heterocycles. The molecule has 1 aromatic carbocycles. The van der Waals surface area contributed by atoms with Gasteiger partial charge in [-0.1, -0.05) is 18.2 Å². The van der Waals surface area contributed by atoms with E-state index in [2.05, 4.69) is 51.5 Å². The minimum absolute atomic E-state index is 0.0600. The molecule has 1 saturated heterocycles. The van der Waals surface area contributed by atoms with Crippen molar-refractivity contribution in [3.8, 4) is 0 Å². The number of amides is 2. The number of hydrogen-bond acceptors (Lipinski definition) is 5. The van der Waals surface area contributed by atoms with E-state index in [4.69, 9.17) is 7.85 Å². The van der Waals surface area contributed by atoms with Crippen LogP contribution in [0.3, 0.4) is 0 Å². The molecule has 29 heavy (non-hydrogen) atoms. The van der Waals surface area contributed by atoms with Gasteiger partial charge in [0.1, 0.15) is 13.7 Å². The van der Waals surface area contributed by atoms with Crippen molar-refractivity contribution >= 4 is 42.5 Å². The maximum absolute atomic E-state index is 12.3. The molecule has 4 rings (SSSR count). The van der Waals surface area contributed by atoms with Crippen LogP contribution in [0, 0.1) is 0 Å². The van der Waals surface area contributed by atoms with Gasteiger partial charge in [0, 0.05) is 42.7 Å². The highest BCUT2D eigenvalue weighted by Gasteiger charge is 2.25. The summed E-state index contributed by atoms with van der Waals surface area (Å²) in [5.74, 6) is 1.18. The molecule has 2 unspecified atom stereocenters. The van der Waals surface area contributed by atoms with Gasteiger partial charge in [0.2, 0.25) is 5.95 Å². The Morgan fingerprint density at radius 3 is 2.55 bits per heavy atom. The molecule has 1 aromatic heterocycles. The van der Waals surface area contributed by atoms with Crippen molar-refractivity contribution in [3.63, 3.8) is 0 Å². The molecular weight excluding hydrogens is 363 g/mol. The van der Waals surface area contributed by atoms with Crippen LogP contribution >= 0.6 is 0 Å². The highest BCUT2D eigenvalue weighted by Crippen LogP contribution is 2.24. The van der Waals surface area contributed by atoms with Gasteiger partial charge in [-0.3, -0.25) is 0 Å².